The van der Waals surface area contributed by atoms with Gasteiger partial charge in [0.1, 0.15) is 22.9 Å². The molecule has 0 radical (unpaired) electrons. The van der Waals surface area contributed by atoms with Crippen molar-refractivity contribution in [3.05, 3.63) is 82.2 Å². The van der Waals surface area contributed by atoms with E-state index in [1.165, 1.54) is 43.6 Å². The van der Waals surface area contributed by atoms with Crippen LogP contribution in [0.25, 0.3) is 0 Å². The molecule has 8 heteroatoms. The van der Waals surface area contributed by atoms with Crippen LogP contribution in [0, 0.1) is 5.82 Å². The minimum absolute atomic E-state index is 0.00210. The number of pyridine rings is 1. The van der Waals surface area contributed by atoms with E-state index in [0.29, 0.717) is 10.0 Å². The molecule has 6 nitrogen and oxygen atoms in total. The van der Waals surface area contributed by atoms with E-state index < -0.39 is 11.8 Å². The second-order valence-corrected chi connectivity index (χ2v) is 6.38. The topological polar surface area (TPSA) is 77.5 Å². The monoisotopic (exact) mass is 444 g/mol. The molecular weight excluding hydrogens is 431 g/mol. The number of amides is 1. The molecule has 0 saturated heterocycles. The number of rotatable bonds is 5. The van der Waals surface area contributed by atoms with Crippen molar-refractivity contribution < 1.29 is 23.5 Å². The molecule has 0 unspecified atom stereocenters. The van der Waals surface area contributed by atoms with Gasteiger partial charge in [0.25, 0.3) is 5.91 Å². The van der Waals surface area contributed by atoms with Gasteiger partial charge in [0, 0.05) is 18.8 Å². The van der Waals surface area contributed by atoms with Crippen LogP contribution < -0.4 is 14.8 Å². The van der Waals surface area contributed by atoms with Crippen molar-refractivity contribution in [1.82, 2.24) is 10.3 Å². The highest BCUT2D eigenvalue weighted by molar-refractivity contribution is 9.10. The van der Waals surface area contributed by atoms with E-state index in [9.17, 15) is 14.0 Å². The Labute approximate surface area is 168 Å². The van der Waals surface area contributed by atoms with Gasteiger partial charge >= 0.3 is 5.97 Å². The van der Waals surface area contributed by atoms with E-state index in [1.54, 1.807) is 24.3 Å². The number of carbonyl (C=O) groups is 2. The standard InChI is InChI=1S/C20H14BrFN2O4/c1-23-18(25)12-4-2-5-14(10-12)27-20(26)15-6-3-9-24-19(15)28-17-8-7-13(22)11-16(17)21/h2-11H,1H3,(H,23,25). The molecule has 0 bridgehead atoms. The maximum atomic E-state index is 13.2. The number of hydrogen-bond acceptors (Lipinski definition) is 5. The van der Waals surface area contributed by atoms with Crippen LogP contribution in [0.5, 0.6) is 17.4 Å². The molecule has 0 spiro atoms. The van der Waals surface area contributed by atoms with E-state index >= 15 is 0 Å². The zero-order chi connectivity index (χ0) is 20.1. The summed E-state index contributed by atoms with van der Waals surface area (Å²) in [6.07, 6.45) is 1.45. The maximum Gasteiger partial charge on any atom is 0.349 e. The van der Waals surface area contributed by atoms with Crippen LogP contribution in [0.4, 0.5) is 4.39 Å². The van der Waals surface area contributed by atoms with Crippen molar-refractivity contribution in [2.24, 2.45) is 0 Å². The third kappa shape index (κ3) is 4.52. The highest BCUT2D eigenvalue weighted by Gasteiger charge is 2.18. The first-order valence-corrected chi connectivity index (χ1v) is 8.89. The van der Waals surface area contributed by atoms with Gasteiger partial charge in [-0.25, -0.2) is 14.2 Å². The van der Waals surface area contributed by atoms with Gasteiger partial charge in [-0.3, -0.25) is 4.79 Å². The Morgan fingerprint density at radius 1 is 1.11 bits per heavy atom. The molecule has 0 atom stereocenters. The summed E-state index contributed by atoms with van der Waals surface area (Å²) in [5, 5.41) is 2.50. The van der Waals surface area contributed by atoms with Gasteiger partial charge in [-0.15, -0.1) is 0 Å². The summed E-state index contributed by atoms with van der Waals surface area (Å²) in [6.45, 7) is 0. The Morgan fingerprint density at radius 3 is 2.68 bits per heavy atom. The molecule has 0 aliphatic carbocycles. The second-order valence-electron chi connectivity index (χ2n) is 5.53. The van der Waals surface area contributed by atoms with E-state index in [4.69, 9.17) is 9.47 Å². The van der Waals surface area contributed by atoms with E-state index in [1.807, 2.05) is 0 Å². The summed E-state index contributed by atoms with van der Waals surface area (Å²) in [4.78, 5) is 28.4. The van der Waals surface area contributed by atoms with Crippen molar-refractivity contribution in [3.8, 4) is 17.4 Å². The van der Waals surface area contributed by atoms with Gasteiger partial charge in [0.2, 0.25) is 5.88 Å². The van der Waals surface area contributed by atoms with Gasteiger partial charge in [0.05, 0.1) is 4.47 Å². The van der Waals surface area contributed by atoms with Crippen LogP contribution in [0.15, 0.2) is 65.3 Å². The van der Waals surface area contributed by atoms with Crippen LogP contribution in [0.3, 0.4) is 0 Å². The first-order chi connectivity index (χ1) is 13.5. The lowest BCUT2D eigenvalue weighted by molar-refractivity contribution is 0.0730. The molecule has 142 valence electrons. The molecule has 28 heavy (non-hydrogen) atoms. The number of aromatic nitrogens is 1. The highest BCUT2D eigenvalue weighted by atomic mass is 79.9. The van der Waals surface area contributed by atoms with Crippen molar-refractivity contribution in [1.29, 1.82) is 0 Å². The summed E-state index contributed by atoms with van der Waals surface area (Å²) >= 11 is 3.20. The molecule has 1 aromatic heterocycles. The normalized spacial score (nSPS) is 10.2. The first-order valence-electron chi connectivity index (χ1n) is 8.10. The Morgan fingerprint density at radius 2 is 1.93 bits per heavy atom. The molecule has 0 fully saturated rings. The van der Waals surface area contributed by atoms with Crippen LogP contribution in [0.1, 0.15) is 20.7 Å². The summed E-state index contributed by atoms with van der Waals surface area (Å²) in [5.74, 6) is -0.961. The third-order valence-corrected chi connectivity index (χ3v) is 4.25. The minimum atomic E-state index is -0.713. The van der Waals surface area contributed by atoms with Crippen LogP contribution in [-0.4, -0.2) is 23.9 Å². The average Bonchev–Trinajstić information content (AvgIpc) is 2.70. The summed E-state index contributed by atoms with van der Waals surface area (Å²) in [7, 11) is 1.51. The Bertz CT molecular complexity index is 1040. The van der Waals surface area contributed by atoms with E-state index in [0.717, 1.165) is 0 Å². The van der Waals surface area contributed by atoms with E-state index in [-0.39, 0.29) is 28.8 Å². The summed E-state index contributed by atoms with van der Waals surface area (Å²) in [5.41, 5.74) is 0.426. The number of ether oxygens (including phenoxy) is 2. The minimum Gasteiger partial charge on any atom is -0.437 e. The van der Waals surface area contributed by atoms with Crippen molar-refractivity contribution in [3.63, 3.8) is 0 Å². The number of hydrogen-bond donors (Lipinski definition) is 1. The average molecular weight is 445 g/mol. The first kappa shape index (κ1) is 19.5. The molecule has 3 rings (SSSR count). The summed E-state index contributed by atoms with van der Waals surface area (Å²) in [6, 6.07) is 13.1. The number of carbonyl (C=O) groups excluding carboxylic acids is 2. The molecule has 1 heterocycles. The molecule has 1 N–H and O–H groups in total. The van der Waals surface area contributed by atoms with Gasteiger partial charge in [-0.05, 0) is 64.5 Å². The number of esters is 1. The Hall–Kier alpha value is -3.26. The molecule has 0 saturated carbocycles. The predicted molar refractivity (Wildman–Crippen MR) is 103 cm³/mol. The van der Waals surface area contributed by atoms with Gasteiger partial charge in [-0.2, -0.15) is 0 Å². The zero-order valence-electron chi connectivity index (χ0n) is 14.6. The number of nitrogens with zero attached hydrogens (tertiary/aromatic N) is 1. The zero-order valence-corrected chi connectivity index (χ0v) is 16.2. The fourth-order valence-electron chi connectivity index (χ4n) is 2.30. The molecule has 0 aliphatic heterocycles. The largest absolute Gasteiger partial charge is 0.437 e. The van der Waals surface area contributed by atoms with Crippen molar-refractivity contribution in [2.45, 2.75) is 0 Å². The number of nitrogens with one attached hydrogen (secondary N) is 1. The fraction of sp³-hybridized carbons (Fsp3) is 0.0500. The molecule has 2 aromatic carbocycles. The molecule has 3 aromatic rings. The lowest BCUT2D eigenvalue weighted by Crippen LogP contribution is -2.18. The van der Waals surface area contributed by atoms with Crippen molar-refractivity contribution >= 4 is 27.8 Å². The smallest absolute Gasteiger partial charge is 0.349 e. The lowest BCUT2D eigenvalue weighted by Gasteiger charge is -2.11. The Balaban J connectivity index is 1.84. The number of benzene rings is 2. The van der Waals surface area contributed by atoms with Gasteiger partial charge < -0.3 is 14.8 Å². The maximum absolute atomic E-state index is 13.2. The molecule has 0 aliphatic rings. The second kappa shape index (κ2) is 8.62. The van der Waals surface area contributed by atoms with Crippen LogP contribution >= 0.6 is 15.9 Å². The van der Waals surface area contributed by atoms with Gasteiger partial charge in [0.15, 0.2) is 0 Å². The van der Waals surface area contributed by atoms with E-state index in [2.05, 4.69) is 26.2 Å². The number of halogens is 2. The quantitative estimate of drug-likeness (QED) is 0.467. The third-order valence-electron chi connectivity index (χ3n) is 3.63. The van der Waals surface area contributed by atoms with Crippen molar-refractivity contribution in [2.75, 3.05) is 7.05 Å². The predicted octanol–water partition coefficient (Wildman–Crippen LogP) is 4.35. The fourth-order valence-corrected chi connectivity index (χ4v) is 2.73. The van der Waals surface area contributed by atoms with Crippen LogP contribution in [-0.2, 0) is 0 Å². The lowest BCUT2D eigenvalue weighted by atomic mass is 10.2. The molecule has 1 amide bonds. The van der Waals surface area contributed by atoms with Crippen LogP contribution in [0.2, 0.25) is 0 Å². The Kier molecular flexibility index (Phi) is 6.00. The summed E-state index contributed by atoms with van der Waals surface area (Å²) < 4.78 is 24.6. The van der Waals surface area contributed by atoms with Gasteiger partial charge in [-0.1, -0.05) is 6.07 Å². The SMILES string of the molecule is CNC(=O)c1cccc(OC(=O)c2cccnc2Oc2ccc(F)cc2Br)c1. The molecular formula is C20H14BrFN2O4. The highest BCUT2D eigenvalue weighted by Crippen LogP contribution is 2.31.